The van der Waals surface area contributed by atoms with Gasteiger partial charge in [0.05, 0.1) is 22.0 Å². The zero-order valence-corrected chi connectivity index (χ0v) is 16.1. The average Bonchev–Trinajstić information content (AvgIpc) is 2.99. The van der Waals surface area contributed by atoms with Gasteiger partial charge in [0.1, 0.15) is 0 Å². The Labute approximate surface area is 162 Å². The number of thioether (sulfide) groups is 1. The standard InChI is InChI=1S/C21H21N3O2S/c1-4-13-24-19-12-8-7-11-18(19)23-21(24)27-15(3)20(26)22-17-10-6-5-9-16(17)14(2)25/h4-12,15H,1,13H2,2-3H3,(H,22,26). The number of carbonyl (C=O) groups excluding carboxylic acids is 2. The van der Waals surface area contributed by atoms with Crippen LogP contribution < -0.4 is 5.32 Å². The maximum atomic E-state index is 12.7. The lowest BCUT2D eigenvalue weighted by molar-refractivity contribution is -0.115. The zero-order valence-electron chi connectivity index (χ0n) is 15.3. The van der Waals surface area contributed by atoms with Crippen molar-refractivity contribution in [2.24, 2.45) is 0 Å². The molecule has 0 aliphatic heterocycles. The number of ketones is 1. The molecule has 0 bridgehead atoms. The summed E-state index contributed by atoms with van der Waals surface area (Å²) in [7, 11) is 0. The minimum Gasteiger partial charge on any atom is -0.324 e. The molecule has 6 heteroatoms. The fourth-order valence-corrected chi connectivity index (χ4v) is 3.73. The molecule has 0 aliphatic rings. The maximum absolute atomic E-state index is 12.7. The van der Waals surface area contributed by atoms with Gasteiger partial charge < -0.3 is 9.88 Å². The molecule has 2 aromatic carbocycles. The summed E-state index contributed by atoms with van der Waals surface area (Å²) in [4.78, 5) is 29.1. The number of aromatic nitrogens is 2. The Bertz CT molecular complexity index is 1010. The largest absolute Gasteiger partial charge is 0.324 e. The maximum Gasteiger partial charge on any atom is 0.237 e. The van der Waals surface area contributed by atoms with Crippen molar-refractivity contribution >= 4 is 40.2 Å². The van der Waals surface area contributed by atoms with Crippen LogP contribution in [0.4, 0.5) is 5.69 Å². The van der Waals surface area contributed by atoms with Crippen molar-refractivity contribution in [2.75, 3.05) is 5.32 Å². The summed E-state index contributed by atoms with van der Waals surface area (Å²) in [5.41, 5.74) is 2.93. The average molecular weight is 379 g/mol. The molecule has 3 aromatic rings. The minimum absolute atomic E-state index is 0.0843. The fourth-order valence-electron chi connectivity index (χ4n) is 2.79. The first-order chi connectivity index (χ1) is 13.0. The van der Waals surface area contributed by atoms with Crippen LogP contribution in [0.15, 0.2) is 66.3 Å². The second-order valence-corrected chi connectivity index (χ2v) is 7.44. The third-order valence-corrected chi connectivity index (χ3v) is 5.24. The Morgan fingerprint density at radius 2 is 1.93 bits per heavy atom. The summed E-state index contributed by atoms with van der Waals surface area (Å²) < 4.78 is 2.04. The van der Waals surface area contributed by atoms with E-state index in [2.05, 4.69) is 16.9 Å². The van der Waals surface area contributed by atoms with E-state index in [9.17, 15) is 9.59 Å². The number of imidazole rings is 1. The highest BCUT2D eigenvalue weighted by Crippen LogP contribution is 2.28. The van der Waals surface area contributed by atoms with Gasteiger partial charge in [0.15, 0.2) is 10.9 Å². The molecule has 0 aliphatic carbocycles. The van der Waals surface area contributed by atoms with E-state index in [0.717, 1.165) is 16.2 Å². The number of Topliss-reactive ketones (excluding diaryl/α,β-unsaturated/α-hetero) is 1. The molecule has 138 valence electrons. The molecule has 5 nitrogen and oxygen atoms in total. The highest BCUT2D eigenvalue weighted by molar-refractivity contribution is 8.00. The molecular weight excluding hydrogens is 358 g/mol. The molecule has 0 fully saturated rings. The highest BCUT2D eigenvalue weighted by Gasteiger charge is 2.20. The van der Waals surface area contributed by atoms with E-state index < -0.39 is 0 Å². The first-order valence-corrected chi connectivity index (χ1v) is 9.53. The van der Waals surface area contributed by atoms with Crippen molar-refractivity contribution in [3.05, 3.63) is 66.7 Å². The van der Waals surface area contributed by atoms with Crippen LogP contribution in [0.2, 0.25) is 0 Å². The predicted octanol–water partition coefficient (Wildman–Crippen LogP) is 4.54. The summed E-state index contributed by atoms with van der Waals surface area (Å²) in [6, 6.07) is 14.9. The van der Waals surface area contributed by atoms with Crippen molar-refractivity contribution in [1.82, 2.24) is 9.55 Å². The summed E-state index contributed by atoms with van der Waals surface area (Å²) >= 11 is 1.38. The van der Waals surface area contributed by atoms with Gasteiger partial charge in [-0.05, 0) is 38.1 Å². The van der Waals surface area contributed by atoms with E-state index in [4.69, 9.17) is 0 Å². The van der Waals surface area contributed by atoms with Crippen LogP contribution in [0.25, 0.3) is 11.0 Å². The van der Waals surface area contributed by atoms with Gasteiger partial charge in [0.2, 0.25) is 5.91 Å². The van der Waals surface area contributed by atoms with E-state index in [1.54, 1.807) is 24.3 Å². The van der Waals surface area contributed by atoms with Crippen molar-refractivity contribution in [3.63, 3.8) is 0 Å². The number of anilines is 1. The Morgan fingerprint density at radius 3 is 2.67 bits per heavy atom. The van der Waals surface area contributed by atoms with Gasteiger partial charge in [-0.15, -0.1) is 6.58 Å². The number of benzene rings is 2. The number of nitrogens with one attached hydrogen (secondary N) is 1. The fraction of sp³-hybridized carbons (Fsp3) is 0.190. The Morgan fingerprint density at radius 1 is 1.22 bits per heavy atom. The van der Waals surface area contributed by atoms with Crippen LogP contribution in [0.1, 0.15) is 24.2 Å². The van der Waals surface area contributed by atoms with Gasteiger partial charge in [0.25, 0.3) is 0 Å². The molecule has 0 radical (unpaired) electrons. The topological polar surface area (TPSA) is 64.0 Å². The minimum atomic E-state index is -0.384. The number of hydrogen-bond acceptors (Lipinski definition) is 4. The number of hydrogen-bond donors (Lipinski definition) is 1. The quantitative estimate of drug-likeness (QED) is 0.372. The van der Waals surface area contributed by atoms with Gasteiger partial charge in [-0.3, -0.25) is 9.59 Å². The number of nitrogens with zero attached hydrogens (tertiary/aromatic N) is 2. The van der Waals surface area contributed by atoms with Crippen molar-refractivity contribution in [2.45, 2.75) is 30.8 Å². The van der Waals surface area contributed by atoms with Gasteiger partial charge in [-0.2, -0.15) is 0 Å². The summed E-state index contributed by atoms with van der Waals surface area (Å²) in [5, 5.41) is 3.24. The first-order valence-electron chi connectivity index (χ1n) is 8.65. The number of fused-ring (bicyclic) bond motifs is 1. The molecule has 1 N–H and O–H groups in total. The molecular formula is C21H21N3O2S. The van der Waals surface area contributed by atoms with Crippen LogP contribution in [0.3, 0.4) is 0 Å². The second-order valence-electron chi connectivity index (χ2n) is 6.13. The number of allylic oxidation sites excluding steroid dienone is 1. The summed E-state index contributed by atoms with van der Waals surface area (Å²) in [6.45, 7) is 7.74. The molecule has 1 aromatic heterocycles. The number of amides is 1. The van der Waals surface area contributed by atoms with E-state index in [0.29, 0.717) is 17.8 Å². The lowest BCUT2D eigenvalue weighted by Crippen LogP contribution is -2.24. The van der Waals surface area contributed by atoms with Gasteiger partial charge in [0, 0.05) is 12.1 Å². The molecule has 0 spiro atoms. The van der Waals surface area contributed by atoms with Crippen molar-refractivity contribution < 1.29 is 9.59 Å². The summed E-state index contributed by atoms with van der Waals surface area (Å²) in [6.07, 6.45) is 1.81. The van der Waals surface area contributed by atoms with Gasteiger partial charge in [-0.1, -0.05) is 42.1 Å². The molecule has 1 amide bonds. The number of rotatable bonds is 7. The molecule has 0 saturated carbocycles. The van der Waals surface area contributed by atoms with Crippen molar-refractivity contribution in [1.29, 1.82) is 0 Å². The van der Waals surface area contributed by atoms with Crippen LogP contribution in [0, 0.1) is 0 Å². The smallest absolute Gasteiger partial charge is 0.237 e. The Hall–Kier alpha value is -2.86. The normalized spacial score (nSPS) is 11.9. The lowest BCUT2D eigenvalue weighted by atomic mass is 10.1. The SMILES string of the molecule is C=CCn1c(SC(C)C(=O)Nc2ccccc2C(C)=O)nc2ccccc21. The first kappa shape index (κ1) is 18.9. The van der Waals surface area contributed by atoms with Crippen LogP contribution in [-0.4, -0.2) is 26.5 Å². The number of carbonyl (C=O) groups is 2. The molecule has 1 heterocycles. The van der Waals surface area contributed by atoms with Crippen LogP contribution >= 0.6 is 11.8 Å². The summed E-state index contributed by atoms with van der Waals surface area (Å²) in [5.74, 6) is -0.259. The van der Waals surface area contributed by atoms with E-state index >= 15 is 0 Å². The molecule has 27 heavy (non-hydrogen) atoms. The molecule has 1 unspecified atom stereocenters. The van der Waals surface area contributed by atoms with E-state index in [1.165, 1.54) is 18.7 Å². The second kappa shape index (κ2) is 8.22. The number of para-hydroxylation sites is 3. The van der Waals surface area contributed by atoms with Crippen LogP contribution in [-0.2, 0) is 11.3 Å². The Balaban J connectivity index is 1.81. The Kier molecular flexibility index (Phi) is 5.76. The van der Waals surface area contributed by atoms with E-state index in [-0.39, 0.29) is 16.9 Å². The molecule has 0 saturated heterocycles. The van der Waals surface area contributed by atoms with Gasteiger partial charge >= 0.3 is 0 Å². The lowest BCUT2D eigenvalue weighted by Gasteiger charge is -2.14. The third-order valence-electron chi connectivity index (χ3n) is 4.15. The van der Waals surface area contributed by atoms with Crippen molar-refractivity contribution in [3.8, 4) is 0 Å². The third kappa shape index (κ3) is 4.11. The van der Waals surface area contributed by atoms with Crippen LogP contribution in [0.5, 0.6) is 0 Å². The van der Waals surface area contributed by atoms with Gasteiger partial charge in [-0.25, -0.2) is 4.98 Å². The zero-order chi connectivity index (χ0) is 19.4. The molecule has 3 rings (SSSR count). The molecule has 1 atom stereocenters. The highest BCUT2D eigenvalue weighted by atomic mass is 32.2. The van der Waals surface area contributed by atoms with E-state index in [1.807, 2.05) is 41.8 Å². The monoisotopic (exact) mass is 379 g/mol. The predicted molar refractivity (Wildman–Crippen MR) is 110 cm³/mol.